The second kappa shape index (κ2) is 9.17. The minimum absolute atomic E-state index is 0.0487. The van der Waals surface area contributed by atoms with E-state index in [0.29, 0.717) is 32.8 Å². The Morgan fingerprint density at radius 3 is 2.38 bits per heavy atom. The lowest BCUT2D eigenvalue weighted by atomic mass is 10.1. The fourth-order valence-electron chi connectivity index (χ4n) is 3.37. The number of para-hydroxylation sites is 3. The number of carbonyl (C=O) groups is 1. The van der Waals surface area contributed by atoms with E-state index in [4.69, 9.17) is 4.74 Å². The van der Waals surface area contributed by atoms with Crippen LogP contribution in [0.5, 0.6) is 5.75 Å². The van der Waals surface area contributed by atoms with Crippen LogP contribution in [0.2, 0.25) is 0 Å². The molecule has 2 aromatic carbocycles. The maximum absolute atomic E-state index is 13.1. The van der Waals surface area contributed by atoms with E-state index < -0.39 is 17.6 Å². The summed E-state index contributed by atoms with van der Waals surface area (Å²) >= 11 is 0. The van der Waals surface area contributed by atoms with Crippen LogP contribution < -0.4 is 15.0 Å². The van der Waals surface area contributed by atoms with E-state index in [0.717, 1.165) is 17.5 Å². The van der Waals surface area contributed by atoms with Gasteiger partial charge >= 0.3 is 6.18 Å². The highest BCUT2D eigenvalue weighted by atomic mass is 19.4. The van der Waals surface area contributed by atoms with Crippen molar-refractivity contribution in [1.82, 2.24) is 4.90 Å². The second-order valence-electron chi connectivity index (χ2n) is 6.76. The Morgan fingerprint density at radius 2 is 1.69 bits per heavy atom. The Balaban J connectivity index is 1.56. The van der Waals surface area contributed by atoms with Crippen LogP contribution in [0.3, 0.4) is 0 Å². The number of alkyl halides is 3. The number of ether oxygens (including phenoxy) is 1. The summed E-state index contributed by atoms with van der Waals surface area (Å²) in [7, 11) is 0. The topological polar surface area (TPSA) is 44.8 Å². The first-order chi connectivity index (χ1) is 13.9. The fraction of sp³-hybridized carbons (Fsp3) is 0.381. The molecule has 1 N–H and O–H groups in total. The van der Waals surface area contributed by atoms with Crippen molar-refractivity contribution in [3.05, 3.63) is 54.1 Å². The standard InChI is InChI=1S/C21H24F3N3O2/c1-2-29-19-10-6-5-9-18(19)27-13-11-26(12-14-27)15-20(28)25-17-8-4-3-7-16(17)21(22,23)24/h3-10H,2,11-15H2,1H3,(H,25,28). The zero-order valence-electron chi connectivity index (χ0n) is 16.2. The average Bonchev–Trinajstić information content (AvgIpc) is 2.69. The van der Waals surface area contributed by atoms with E-state index in [1.807, 2.05) is 36.1 Å². The van der Waals surface area contributed by atoms with Gasteiger partial charge in [0.25, 0.3) is 0 Å². The van der Waals surface area contributed by atoms with E-state index in [1.165, 1.54) is 18.2 Å². The van der Waals surface area contributed by atoms with Gasteiger partial charge in [0.2, 0.25) is 5.91 Å². The summed E-state index contributed by atoms with van der Waals surface area (Å²) < 4.78 is 44.9. The minimum atomic E-state index is -4.51. The summed E-state index contributed by atoms with van der Waals surface area (Å²) in [5.41, 5.74) is -0.0439. The summed E-state index contributed by atoms with van der Waals surface area (Å²) in [6.45, 7) is 5.24. The van der Waals surface area contributed by atoms with Crippen LogP contribution in [-0.2, 0) is 11.0 Å². The summed E-state index contributed by atoms with van der Waals surface area (Å²) in [4.78, 5) is 16.4. The van der Waals surface area contributed by atoms with Crippen LogP contribution in [0, 0.1) is 0 Å². The molecule has 1 amide bonds. The third kappa shape index (κ3) is 5.41. The average molecular weight is 407 g/mol. The summed E-state index contributed by atoms with van der Waals surface area (Å²) in [5.74, 6) is 0.370. The molecule has 0 saturated carbocycles. The first-order valence-corrected chi connectivity index (χ1v) is 9.53. The number of piperazine rings is 1. The number of hydrogen-bond acceptors (Lipinski definition) is 4. The number of anilines is 2. The van der Waals surface area contributed by atoms with Crippen molar-refractivity contribution >= 4 is 17.3 Å². The molecule has 0 aromatic heterocycles. The normalized spacial score (nSPS) is 15.2. The highest BCUT2D eigenvalue weighted by Gasteiger charge is 2.33. The monoisotopic (exact) mass is 407 g/mol. The van der Waals surface area contributed by atoms with Gasteiger partial charge in [0.05, 0.1) is 30.1 Å². The lowest BCUT2D eigenvalue weighted by Gasteiger charge is -2.36. The zero-order valence-corrected chi connectivity index (χ0v) is 16.2. The van der Waals surface area contributed by atoms with Crippen molar-refractivity contribution < 1.29 is 22.7 Å². The number of nitrogens with one attached hydrogen (secondary N) is 1. The number of nitrogens with zero attached hydrogens (tertiary/aromatic N) is 2. The Labute approximate surface area is 168 Å². The molecule has 1 heterocycles. The van der Waals surface area contributed by atoms with E-state index in [2.05, 4.69) is 10.2 Å². The van der Waals surface area contributed by atoms with Crippen molar-refractivity contribution in [2.45, 2.75) is 13.1 Å². The van der Waals surface area contributed by atoms with Crippen molar-refractivity contribution in [3.8, 4) is 5.75 Å². The van der Waals surface area contributed by atoms with Gasteiger partial charge in [-0.3, -0.25) is 9.69 Å². The van der Waals surface area contributed by atoms with Crippen LogP contribution in [0.4, 0.5) is 24.5 Å². The maximum atomic E-state index is 13.1. The molecule has 1 aliphatic rings. The SMILES string of the molecule is CCOc1ccccc1N1CCN(CC(=O)Nc2ccccc2C(F)(F)F)CC1. The molecule has 0 bridgehead atoms. The molecule has 5 nitrogen and oxygen atoms in total. The molecule has 0 unspecified atom stereocenters. The Bertz CT molecular complexity index is 834. The quantitative estimate of drug-likeness (QED) is 0.790. The van der Waals surface area contributed by atoms with Crippen LogP contribution in [-0.4, -0.2) is 50.1 Å². The van der Waals surface area contributed by atoms with Gasteiger partial charge in [-0.15, -0.1) is 0 Å². The molecule has 1 aliphatic heterocycles. The minimum Gasteiger partial charge on any atom is -0.492 e. The lowest BCUT2D eigenvalue weighted by molar-refractivity contribution is -0.137. The molecule has 1 fully saturated rings. The van der Waals surface area contributed by atoms with Crippen LogP contribution in [0.25, 0.3) is 0 Å². The highest BCUT2D eigenvalue weighted by Crippen LogP contribution is 2.34. The van der Waals surface area contributed by atoms with Crippen molar-refractivity contribution in [2.24, 2.45) is 0 Å². The highest BCUT2D eigenvalue weighted by molar-refractivity contribution is 5.93. The lowest BCUT2D eigenvalue weighted by Crippen LogP contribution is -2.48. The third-order valence-corrected chi connectivity index (χ3v) is 4.75. The predicted octanol–water partition coefficient (Wildman–Crippen LogP) is 3.86. The number of halogens is 3. The van der Waals surface area contributed by atoms with Crippen molar-refractivity contribution in [1.29, 1.82) is 0 Å². The van der Waals surface area contributed by atoms with Crippen LogP contribution >= 0.6 is 0 Å². The van der Waals surface area contributed by atoms with Gasteiger partial charge in [-0.1, -0.05) is 24.3 Å². The molecule has 0 aliphatic carbocycles. The summed E-state index contributed by atoms with van der Waals surface area (Å²) in [6, 6.07) is 12.8. The van der Waals surface area contributed by atoms with E-state index in [9.17, 15) is 18.0 Å². The van der Waals surface area contributed by atoms with Gasteiger partial charge in [-0.2, -0.15) is 13.2 Å². The Morgan fingerprint density at radius 1 is 1.03 bits per heavy atom. The third-order valence-electron chi connectivity index (χ3n) is 4.75. The molecule has 156 valence electrons. The van der Waals surface area contributed by atoms with Crippen LogP contribution in [0.15, 0.2) is 48.5 Å². The molecule has 2 aromatic rings. The van der Waals surface area contributed by atoms with Gasteiger partial charge in [-0.05, 0) is 31.2 Å². The van der Waals surface area contributed by atoms with Gasteiger partial charge < -0.3 is 15.0 Å². The largest absolute Gasteiger partial charge is 0.492 e. The van der Waals surface area contributed by atoms with Crippen LogP contribution in [0.1, 0.15) is 12.5 Å². The summed E-state index contributed by atoms with van der Waals surface area (Å²) in [5, 5.41) is 2.40. The first-order valence-electron chi connectivity index (χ1n) is 9.53. The number of benzene rings is 2. The Kier molecular flexibility index (Phi) is 6.64. The Hall–Kier alpha value is -2.74. The molecule has 1 saturated heterocycles. The summed E-state index contributed by atoms with van der Waals surface area (Å²) in [6.07, 6.45) is -4.51. The number of rotatable bonds is 6. The van der Waals surface area contributed by atoms with Gasteiger partial charge in [0.15, 0.2) is 0 Å². The zero-order chi connectivity index (χ0) is 20.9. The molecule has 0 atom stereocenters. The van der Waals surface area contributed by atoms with E-state index in [1.54, 1.807) is 0 Å². The number of hydrogen-bond donors (Lipinski definition) is 1. The predicted molar refractivity (Wildman–Crippen MR) is 106 cm³/mol. The fourth-order valence-corrected chi connectivity index (χ4v) is 3.37. The number of carbonyl (C=O) groups excluding carboxylic acids is 1. The molecule has 8 heteroatoms. The maximum Gasteiger partial charge on any atom is 0.418 e. The molecular weight excluding hydrogens is 383 g/mol. The van der Waals surface area contributed by atoms with Crippen molar-refractivity contribution in [3.63, 3.8) is 0 Å². The van der Waals surface area contributed by atoms with E-state index in [-0.39, 0.29) is 12.2 Å². The van der Waals surface area contributed by atoms with Gasteiger partial charge in [0, 0.05) is 26.2 Å². The molecule has 3 rings (SSSR count). The molecular formula is C21H24F3N3O2. The van der Waals surface area contributed by atoms with Gasteiger partial charge in [0.1, 0.15) is 5.75 Å². The molecule has 0 spiro atoms. The molecule has 0 radical (unpaired) electrons. The van der Waals surface area contributed by atoms with Crippen molar-refractivity contribution in [2.75, 3.05) is 49.5 Å². The first kappa shape index (κ1) is 21.0. The van der Waals surface area contributed by atoms with Gasteiger partial charge in [-0.25, -0.2) is 0 Å². The second-order valence-corrected chi connectivity index (χ2v) is 6.76. The van der Waals surface area contributed by atoms with E-state index >= 15 is 0 Å². The smallest absolute Gasteiger partial charge is 0.418 e. The number of amides is 1. The molecule has 29 heavy (non-hydrogen) atoms.